The Labute approximate surface area is 168 Å². The number of aromatic hydroxyl groups is 1. The highest BCUT2D eigenvalue weighted by atomic mass is 79.9. The molecule has 0 saturated carbocycles. The fourth-order valence-electron chi connectivity index (χ4n) is 2.48. The molecule has 0 unspecified atom stereocenters. The quantitative estimate of drug-likeness (QED) is 0.640. The average molecular weight is 456 g/mol. The van der Waals surface area contributed by atoms with Crippen LogP contribution in [0.1, 0.15) is 12.5 Å². The standard InChI is InChI=1S/C18H13BrCl2N2O3/c1-9-12(5-10-6-13(19)17(24)16(7-10)26-2)18(25)23(22-9)11-3-4-14(20)15(21)8-11/h3-8,24H,1-2H3/b12-5-. The van der Waals surface area contributed by atoms with E-state index in [2.05, 4.69) is 21.0 Å². The molecular formula is C18H13BrCl2N2O3. The first-order valence-electron chi connectivity index (χ1n) is 7.45. The van der Waals surface area contributed by atoms with Crippen LogP contribution < -0.4 is 9.75 Å². The molecule has 2 aromatic rings. The molecule has 5 nitrogen and oxygen atoms in total. The number of phenolic OH excluding ortho intramolecular Hbond substituents is 1. The van der Waals surface area contributed by atoms with Crippen LogP contribution in [-0.4, -0.2) is 23.8 Å². The van der Waals surface area contributed by atoms with Gasteiger partial charge in [0.25, 0.3) is 5.91 Å². The largest absolute Gasteiger partial charge is 0.503 e. The summed E-state index contributed by atoms with van der Waals surface area (Å²) in [7, 11) is 1.46. The summed E-state index contributed by atoms with van der Waals surface area (Å²) in [4.78, 5) is 12.8. The number of ether oxygens (including phenoxy) is 1. The summed E-state index contributed by atoms with van der Waals surface area (Å²) >= 11 is 15.2. The zero-order valence-corrected chi connectivity index (χ0v) is 16.9. The van der Waals surface area contributed by atoms with Gasteiger partial charge in [0.15, 0.2) is 11.5 Å². The van der Waals surface area contributed by atoms with E-state index in [1.165, 1.54) is 12.1 Å². The molecule has 0 spiro atoms. The van der Waals surface area contributed by atoms with E-state index in [0.29, 0.717) is 42.8 Å². The van der Waals surface area contributed by atoms with Crippen molar-refractivity contribution in [3.8, 4) is 11.5 Å². The van der Waals surface area contributed by atoms with Crippen molar-refractivity contribution in [3.05, 3.63) is 56.0 Å². The topological polar surface area (TPSA) is 62.1 Å². The van der Waals surface area contributed by atoms with Gasteiger partial charge in [-0.2, -0.15) is 10.1 Å². The lowest BCUT2D eigenvalue weighted by molar-refractivity contribution is -0.114. The molecule has 1 aliphatic heterocycles. The van der Waals surface area contributed by atoms with Crippen LogP contribution in [0.3, 0.4) is 0 Å². The van der Waals surface area contributed by atoms with E-state index in [4.69, 9.17) is 27.9 Å². The Hall–Kier alpha value is -2.02. The highest BCUT2D eigenvalue weighted by Gasteiger charge is 2.29. The monoisotopic (exact) mass is 454 g/mol. The maximum absolute atomic E-state index is 12.8. The van der Waals surface area contributed by atoms with Crippen molar-refractivity contribution in [2.45, 2.75) is 6.92 Å². The first-order chi connectivity index (χ1) is 12.3. The number of carbonyl (C=O) groups is 1. The highest BCUT2D eigenvalue weighted by molar-refractivity contribution is 9.10. The number of methoxy groups -OCH3 is 1. The van der Waals surface area contributed by atoms with Crippen LogP contribution in [0.2, 0.25) is 10.0 Å². The van der Waals surface area contributed by atoms with E-state index >= 15 is 0 Å². The van der Waals surface area contributed by atoms with Crippen molar-refractivity contribution in [3.63, 3.8) is 0 Å². The second kappa shape index (κ2) is 7.31. The van der Waals surface area contributed by atoms with E-state index in [1.54, 1.807) is 43.3 Å². The number of benzene rings is 2. The summed E-state index contributed by atoms with van der Waals surface area (Å²) < 4.78 is 5.60. The van der Waals surface area contributed by atoms with Gasteiger partial charge in [0.05, 0.1) is 38.6 Å². The number of nitrogens with zero attached hydrogens (tertiary/aromatic N) is 2. The maximum Gasteiger partial charge on any atom is 0.280 e. The summed E-state index contributed by atoms with van der Waals surface area (Å²) in [5.41, 5.74) is 2.19. The molecule has 0 radical (unpaired) electrons. The molecule has 0 saturated heterocycles. The highest BCUT2D eigenvalue weighted by Crippen LogP contribution is 2.36. The van der Waals surface area contributed by atoms with Crippen LogP contribution in [-0.2, 0) is 4.79 Å². The Morgan fingerprint density at radius 2 is 1.96 bits per heavy atom. The minimum atomic E-state index is -0.288. The lowest BCUT2D eigenvalue weighted by Gasteiger charge is -2.12. The minimum absolute atomic E-state index is 0.00443. The van der Waals surface area contributed by atoms with Crippen LogP contribution in [0.15, 0.2) is 45.5 Å². The number of carbonyl (C=O) groups excluding carboxylic acids is 1. The molecule has 1 aliphatic rings. The van der Waals surface area contributed by atoms with E-state index < -0.39 is 0 Å². The molecule has 8 heteroatoms. The summed E-state index contributed by atoms with van der Waals surface area (Å²) in [6.07, 6.45) is 1.69. The first kappa shape index (κ1) is 18.8. The van der Waals surface area contributed by atoms with E-state index in [-0.39, 0.29) is 11.7 Å². The molecule has 0 aromatic heterocycles. The number of hydrogen-bond acceptors (Lipinski definition) is 4. The Bertz CT molecular complexity index is 973. The van der Waals surface area contributed by atoms with Crippen LogP contribution in [0, 0.1) is 0 Å². The Kier molecular flexibility index (Phi) is 5.27. The SMILES string of the molecule is COc1cc(/C=C2\C(=O)N(c3ccc(Cl)c(Cl)c3)N=C2C)cc(Br)c1O. The molecule has 134 valence electrons. The minimum Gasteiger partial charge on any atom is -0.503 e. The van der Waals surface area contributed by atoms with Crippen LogP contribution in [0.4, 0.5) is 5.69 Å². The van der Waals surface area contributed by atoms with Crippen LogP contribution in [0.5, 0.6) is 11.5 Å². The zero-order chi connectivity index (χ0) is 19.0. The average Bonchev–Trinajstić information content (AvgIpc) is 2.88. The van der Waals surface area contributed by atoms with E-state index in [9.17, 15) is 9.90 Å². The van der Waals surface area contributed by atoms with Crippen LogP contribution in [0.25, 0.3) is 6.08 Å². The molecular weight excluding hydrogens is 443 g/mol. The smallest absolute Gasteiger partial charge is 0.280 e. The van der Waals surface area contributed by atoms with E-state index in [0.717, 1.165) is 0 Å². The molecule has 1 amide bonds. The van der Waals surface area contributed by atoms with Crippen molar-refractivity contribution in [2.75, 3.05) is 12.1 Å². The fourth-order valence-corrected chi connectivity index (χ4v) is 3.23. The van der Waals surface area contributed by atoms with Gasteiger partial charge in [0.1, 0.15) is 0 Å². The third kappa shape index (κ3) is 3.45. The van der Waals surface area contributed by atoms with Crippen molar-refractivity contribution >= 4 is 62.5 Å². The van der Waals surface area contributed by atoms with Gasteiger partial charge < -0.3 is 9.84 Å². The summed E-state index contributed by atoms with van der Waals surface area (Å²) in [5, 5.41) is 16.2. The Morgan fingerprint density at radius 3 is 2.62 bits per heavy atom. The van der Waals surface area contributed by atoms with Crippen molar-refractivity contribution < 1.29 is 14.6 Å². The number of hydrazone groups is 1. The van der Waals surface area contributed by atoms with Gasteiger partial charge in [-0.3, -0.25) is 4.79 Å². The molecule has 3 rings (SSSR count). The van der Waals surface area contributed by atoms with E-state index in [1.807, 2.05) is 0 Å². The van der Waals surface area contributed by atoms with Crippen molar-refractivity contribution in [1.82, 2.24) is 0 Å². The number of halogens is 3. The Balaban J connectivity index is 1.99. The van der Waals surface area contributed by atoms with Gasteiger partial charge >= 0.3 is 0 Å². The number of hydrogen-bond donors (Lipinski definition) is 1. The number of amides is 1. The molecule has 0 atom stereocenters. The lowest BCUT2D eigenvalue weighted by Crippen LogP contribution is -2.21. The summed E-state index contributed by atoms with van der Waals surface area (Å²) in [6.45, 7) is 1.74. The number of rotatable bonds is 3. The maximum atomic E-state index is 12.8. The van der Waals surface area contributed by atoms with Crippen LogP contribution >= 0.6 is 39.1 Å². The van der Waals surface area contributed by atoms with Crippen molar-refractivity contribution in [2.24, 2.45) is 5.10 Å². The third-order valence-electron chi connectivity index (χ3n) is 3.79. The van der Waals surface area contributed by atoms with Gasteiger partial charge in [-0.05, 0) is 64.8 Å². The predicted octanol–water partition coefficient (Wildman–Crippen LogP) is 5.28. The summed E-state index contributed by atoms with van der Waals surface area (Å²) in [5.74, 6) is 0.00637. The van der Waals surface area contributed by atoms with Gasteiger partial charge in [-0.15, -0.1) is 0 Å². The second-order valence-corrected chi connectivity index (χ2v) is 7.18. The zero-order valence-electron chi connectivity index (χ0n) is 13.8. The molecule has 0 aliphatic carbocycles. The molecule has 2 aromatic carbocycles. The second-order valence-electron chi connectivity index (χ2n) is 5.51. The molecule has 0 bridgehead atoms. The van der Waals surface area contributed by atoms with Gasteiger partial charge in [0, 0.05) is 0 Å². The Morgan fingerprint density at radius 1 is 1.23 bits per heavy atom. The molecule has 1 heterocycles. The molecule has 1 N–H and O–H groups in total. The predicted molar refractivity (Wildman–Crippen MR) is 107 cm³/mol. The van der Waals surface area contributed by atoms with Crippen molar-refractivity contribution in [1.29, 1.82) is 0 Å². The fraction of sp³-hybridized carbons (Fsp3) is 0.111. The van der Waals surface area contributed by atoms with Gasteiger partial charge in [-0.1, -0.05) is 23.2 Å². The molecule has 26 heavy (non-hydrogen) atoms. The first-order valence-corrected chi connectivity index (χ1v) is 9.00. The number of phenols is 1. The van der Waals surface area contributed by atoms with Gasteiger partial charge in [0.2, 0.25) is 0 Å². The third-order valence-corrected chi connectivity index (χ3v) is 5.14. The summed E-state index contributed by atoms with van der Waals surface area (Å²) in [6, 6.07) is 8.19. The van der Waals surface area contributed by atoms with Gasteiger partial charge in [-0.25, -0.2) is 0 Å². The normalized spacial score (nSPS) is 15.6. The molecule has 0 fully saturated rings. The number of anilines is 1. The lowest BCUT2D eigenvalue weighted by atomic mass is 10.1.